The zero-order valence-corrected chi connectivity index (χ0v) is 11.4. The molecule has 5 nitrogen and oxygen atoms in total. The number of benzene rings is 2. The topological polar surface area (TPSA) is 86.2 Å². The molecule has 3 aromatic rings. The standard InChI is InChI=1S/C16H16N4O/c17-14-9-19-15-8-12(6-7-13(15)16(14)20-18)21-10-11-4-2-1-3-5-11/h1-9H,10,17-18H2,(H,19,20). The summed E-state index contributed by atoms with van der Waals surface area (Å²) >= 11 is 0. The number of rotatable bonds is 4. The molecule has 1 aromatic heterocycles. The highest BCUT2D eigenvalue weighted by atomic mass is 16.5. The van der Waals surface area contributed by atoms with E-state index in [1.165, 1.54) is 0 Å². The van der Waals surface area contributed by atoms with Gasteiger partial charge < -0.3 is 15.9 Å². The molecule has 0 aliphatic heterocycles. The number of hydrazine groups is 1. The van der Waals surface area contributed by atoms with E-state index in [9.17, 15) is 0 Å². The van der Waals surface area contributed by atoms with E-state index in [-0.39, 0.29) is 0 Å². The molecule has 0 fully saturated rings. The Hall–Kier alpha value is -2.79. The Kier molecular flexibility index (Phi) is 3.57. The van der Waals surface area contributed by atoms with Crippen LogP contribution >= 0.6 is 0 Å². The number of aromatic nitrogens is 1. The van der Waals surface area contributed by atoms with E-state index >= 15 is 0 Å². The van der Waals surface area contributed by atoms with Crippen molar-refractivity contribution in [1.82, 2.24) is 4.98 Å². The van der Waals surface area contributed by atoms with Gasteiger partial charge in [-0.2, -0.15) is 0 Å². The molecule has 0 spiro atoms. The van der Waals surface area contributed by atoms with Crippen LogP contribution in [0.25, 0.3) is 10.9 Å². The molecule has 5 N–H and O–H groups in total. The normalized spacial score (nSPS) is 10.5. The van der Waals surface area contributed by atoms with Crippen molar-refractivity contribution in [1.29, 1.82) is 0 Å². The minimum absolute atomic E-state index is 0.517. The molecule has 0 bridgehead atoms. The number of ether oxygens (including phenoxy) is 1. The lowest BCUT2D eigenvalue weighted by molar-refractivity contribution is 0.306. The lowest BCUT2D eigenvalue weighted by Crippen LogP contribution is -2.10. The van der Waals surface area contributed by atoms with Crippen molar-refractivity contribution in [3.63, 3.8) is 0 Å². The second kappa shape index (κ2) is 5.68. The molecule has 0 aliphatic carbocycles. The maximum Gasteiger partial charge on any atom is 0.122 e. The molecule has 2 aromatic carbocycles. The molecule has 5 heteroatoms. The van der Waals surface area contributed by atoms with Crippen molar-refractivity contribution in [2.45, 2.75) is 6.61 Å². The van der Waals surface area contributed by atoms with Gasteiger partial charge in [-0.1, -0.05) is 30.3 Å². The molecule has 0 radical (unpaired) electrons. The first-order chi connectivity index (χ1) is 10.3. The first kappa shape index (κ1) is 13.2. The summed E-state index contributed by atoms with van der Waals surface area (Å²) in [6.45, 7) is 0.517. The number of fused-ring (bicyclic) bond motifs is 1. The summed E-state index contributed by atoms with van der Waals surface area (Å²) in [6.07, 6.45) is 1.58. The van der Waals surface area contributed by atoms with Gasteiger partial charge in [0, 0.05) is 11.5 Å². The molecule has 1 heterocycles. The molecule has 0 aliphatic rings. The van der Waals surface area contributed by atoms with Gasteiger partial charge in [-0.15, -0.1) is 0 Å². The third-order valence-electron chi connectivity index (χ3n) is 3.26. The highest BCUT2D eigenvalue weighted by Gasteiger charge is 2.06. The van der Waals surface area contributed by atoms with Crippen molar-refractivity contribution >= 4 is 22.3 Å². The Balaban J connectivity index is 1.86. The fourth-order valence-corrected chi connectivity index (χ4v) is 2.18. The first-order valence-corrected chi connectivity index (χ1v) is 6.59. The van der Waals surface area contributed by atoms with E-state index in [0.29, 0.717) is 18.0 Å². The lowest BCUT2D eigenvalue weighted by atomic mass is 10.1. The number of nitrogens with zero attached hydrogens (tertiary/aromatic N) is 1. The largest absolute Gasteiger partial charge is 0.489 e. The maximum atomic E-state index is 5.83. The molecule has 0 saturated heterocycles. The van der Waals surface area contributed by atoms with Crippen molar-refractivity contribution in [3.8, 4) is 5.75 Å². The molecule has 0 atom stereocenters. The predicted molar refractivity (Wildman–Crippen MR) is 84.7 cm³/mol. The van der Waals surface area contributed by atoms with Gasteiger partial charge in [0.1, 0.15) is 12.4 Å². The highest BCUT2D eigenvalue weighted by Crippen LogP contribution is 2.29. The third-order valence-corrected chi connectivity index (χ3v) is 3.26. The van der Waals surface area contributed by atoms with Gasteiger partial charge in [-0.25, -0.2) is 0 Å². The Morgan fingerprint density at radius 1 is 1.10 bits per heavy atom. The van der Waals surface area contributed by atoms with Crippen molar-refractivity contribution in [2.75, 3.05) is 11.2 Å². The Labute approximate surface area is 122 Å². The molecule has 0 unspecified atom stereocenters. The maximum absolute atomic E-state index is 5.83. The minimum Gasteiger partial charge on any atom is -0.489 e. The second-order valence-electron chi connectivity index (χ2n) is 4.69. The van der Waals surface area contributed by atoms with Gasteiger partial charge in [0.05, 0.1) is 23.1 Å². The van der Waals surface area contributed by atoms with Crippen LogP contribution in [0.3, 0.4) is 0 Å². The van der Waals surface area contributed by atoms with Crippen LogP contribution in [0.5, 0.6) is 5.75 Å². The fraction of sp³-hybridized carbons (Fsp3) is 0.0625. The van der Waals surface area contributed by atoms with Crippen LogP contribution in [0.15, 0.2) is 54.7 Å². The van der Waals surface area contributed by atoms with Gasteiger partial charge in [0.2, 0.25) is 0 Å². The highest BCUT2D eigenvalue weighted by molar-refractivity contribution is 5.97. The number of pyridine rings is 1. The molecule has 3 rings (SSSR count). The lowest BCUT2D eigenvalue weighted by Gasteiger charge is -2.10. The van der Waals surface area contributed by atoms with Crippen LogP contribution in [0.1, 0.15) is 5.56 Å². The molecule has 0 amide bonds. The average molecular weight is 280 g/mol. The summed E-state index contributed by atoms with van der Waals surface area (Å²) in [5.74, 6) is 6.26. The summed E-state index contributed by atoms with van der Waals surface area (Å²) in [5.41, 5.74) is 11.5. The predicted octanol–water partition coefficient (Wildman–Crippen LogP) is 2.68. The number of hydrogen-bond donors (Lipinski definition) is 3. The summed E-state index contributed by atoms with van der Waals surface area (Å²) in [4.78, 5) is 4.30. The Morgan fingerprint density at radius 2 is 1.90 bits per heavy atom. The van der Waals surface area contributed by atoms with E-state index in [0.717, 1.165) is 22.2 Å². The monoisotopic (exact) mass is 280 g/mol. The second-order valence-corrected chi connectivity index (χ2v) is 4.69. The summed E-state index contributed by atoms with van der Waals surface area (Å²) in [6, 6.07) is 15.7. The Bertz CT molecular complexity index is 759. The zero-order valence-electron chi connectivity index (χ0n) is 11.4. The Morgan fingerprint density at radius 3 is 2.67 bits per heavy atom. The number of nitrogens with two attached hydrogens (primary N) is 2. The van der Waals surface area contributed by atoms with E-state index in [1.54, 1.807) is 6.20 Å². The molecular formula is C16H16N4O. The summed E-state index contributed by atoms with van der Waals surface area (Å²) < 4.78 is 5.78. The number of hydrogen-bond acceptors (Lipinski definition) is 5. The van der Waals surface area contributed by atoms with Crippen LogP contribution in [0.2, 0.25) is 0 Å². The number of anilines is 2. The molecule has 0 saturated carbocycles. The SMILES string of the molecule is NNc1c(N)cnc2cc(OCc3ccccc3)ccc12. The average Bonchev–Trinajstić information content (AvgIpc) is 2.54. The van der Waals surface area contributed by atoms with Gasteiger partial charge in [0.25, 0.3) is 0 Å². The van der Waals surface area contributed by atoms with Crippen LogP contribution in [-0.2, 0) is 6.61 Å². The van der Waals surface area contributed by atoms with E-state index in [2.05, 4.69) is 10.4 Å². The number of nitrogen functional groups attached to an aromatic ring is 2. The van der Waals surface area contributed by atoms with Crippen LogP contribution in [0, 0.1) is 0 Å². The van der Waals surface area contributed by atoms with E-state index in [4.69, 9.17) is 16.3 Å². The molecule has 21 heavy (non-hydrogen) atoms. The zero-order chi connectivity index (χ0) is 14.7. The van der Waals surface area contributed by atoms with Gasteiger partial charge in [-0.05, 0) is 17.7 Å². The van der Waals surface area contributed by atoms with Gasteiger partial charge >= 0.3 is 0 Å². The minimum atomic E-state index is 0.517. The summed E-state index contributed by atoms with van der Waals surface area (Å²) in [7, 11) is 0. The van der Waals surface area contributed by atoms with E-state index in [1.807, 2.05) is 48.5 Å². The molecule has 106 valence electrons. The van der Waals surface area contributed by atoms with Crippen molar-refractivity contribution in [2.24, 2.45) is 5.84 Å². The van der Waals surface area contributed by atoms with Crippen LogP contribution < -0.4 is 21.7 Å². The van der Waals surface area contributed by atoms with Crippen LogP contribution in [-0.4, -0.2) is 4.98 Å². The smallest absolute Gasteiger partial charge is 0.122 e. The van der Waals surface area contributed by atoms with E-state index < -0.39 is 0 Å². The molecular weight excluding hydrogens is 264 g/mol. The third kappa shape index (κ3) is 2.73. The van der Waals surface area contributed by atoms with Gasteiger partial charge in [0.15, 0.2) is 0 Å². The number of nitrogens with one attached hydrogen (secondary N) is 1. The van der Waals surface area contributed by atoms with Gasteiger partial charge in [-0.3, -0.25) is 10.8 Å². The van der Waals surface area contributed by atoms with Crippen molar-refractivity contribution in [3.05, 3.63) is 60.3 Å². The van der Waals surface area contributed by atoms with Crippen LogP contribution in [0.4, 0.5) is 11.4 Å². The summed E-state index contributed by atoms with van der Waals surface area (Å²) in [5, 5.41) is 0.865. The fourth-order valence-electron chi connectivity index (χ4n) is 2.18. The van der Waals surface area contributed by atoms with Crippen molar-refractivity contribution < 1.29 is 4.74 Å². The first-order valence-electron chi connectivity index (χ1n) is 6.59. The quantitative estimate of drug-likeness (QED) is 0.505.